The van der Waals surface area contributed by atoms with E-state index in [4.69, 9.17) is 4.74 Å². The van der Waals surface area contributed by atoms with Crippen molar-refractivity contribution in [3.05, 3.63) is 65.0 Å². The van der Waals surface area contributed by atoms with Crippen LogP contribution in [0.5, 0.6) is 5.75 Å². The van der Waals surface area contributed by atoms with Gasteiger partial charge in [0, 0.05) is 18.7 Å². The van der Waals surface area contributed by atoms with Gasteiger partial charge in [0.1, 0.15) is 0 Å². The lowest BCUT2D eigenvalue weighted by molar-refractivity contribution is 0.0963. The lowest BCUT2D eigenvalue weighted by Gasteiger charge is -2.15. The van der Waals surface area contributed by atoms with Crippen molar-refractivity contribution >= 4 is 5.91 Å². The van der Waals surface area contributed by atoms with Crippen LogP contribution in [0.3, 0.4) is 0 Å². The molecule has 2 aromatic carbocycles. The molecule has 0 unspecified atom stereocenters. The second kappa shape index (κ2) is 8.45. The third-order valence-corrected chi connectivity index (χ3v) is 3.96. The fourth-order valence-electron chi connectivity index (χ4n) is 2.52. The monoisotopic (exact) mass is 330 g/mol. The summed E-state index contributed by atoms with van der Waals surface area (Å²) in [5, 5.41) is 5.99. The van der Waals surface area contributed by atoms with Crippen molar-refractivity contribution in [2.24, 2.45) is 0 Å². The topological polar surface area (TPSA) is 50.4 Å². The number of hydrogen-bond donors (Lipinski definition) is 2. The van der Waals surface area contributed by atoms with Gasteiger partial charge in [-0.25, -0.2) is 4.39 Å². The van der Waals surface area contributed by atoms with E-state index in [1.54, 1.807) is 19.2 Å². The van der Waals surface area contributed by atoms with Crippen molar-refractivity contribution < 1.29 is 13.9 Å². The van der Waals surface area contributed by atoms with Crippen LogP contribution < -0.4 is 15.4 Å². The summed E-state index contributed by atoms with van der Waals surface area (Å²) in [4.78, 5) is 11.6. The van der Waals surface area contributed by atoms with Gasteiger partial charge >= 0.3 is 0 Å². The minimum atomic E-state index is -0.359. The van der Waals surface area contributed by atoms with Gasteiger partial charge in [-0.2, -0.15) is 0 Å². The molecule has 0 aliphatic heterocycles. The number of ether oxygens (including phenoxy) is 1. The first-order valence-corrected chi connectivity index (χ1v) is 7.93. The normalized spacial score (nSPS) is 11.8. The van der Waals surface area contributed by atoms with Gasteiger partial charge in [-0.05, 0) is 55.3 Å². The van der Waals surface area contributed by atoms with Crippen molar-refractivity contribution in [2.75, 3.05) is 20.7 Å². The Balaban J connectivity index is 1.92. The Hall–Kier alpha value is -2.40. The highest BCUT2D eigenvalue weighted by Crippen LogP contribution is 2.21. The number of rotatable bonds is 7. The number of methoxy groups -OCH3 is 1. The number of halogens is 1. The van der Waals surface area contributed by atoms with Crippen LogP contribution in [-0.2, 0) is 6.42 Å². The third kappa shape index (κ3) is 4.55. The third-order valence-electron chi connectivity index (χ3n) is 3.96. The number of benzene rings is 2. The molecule has 5 heteroatoms. The van der Waals surface area contributed by atoms with Crippen LogP contribution in [0.2, 0.25) is 0 Å². The molecule has 4 nitrogen and oxygen atoms in total. The number of hydrogen-bond acceptors (Lipinski definition) is 3. The fraction of sp³-hybridized carbons (Fsp3) is 0.316. The molecule has 0 saturated heterocycles. The summed E-state index contributed by atoms with van der Waals surface area (Å²) in [5.41, 5.74) is 2.60. The minimum absolute atomic E-state index is 0.0209. The van der Waals surface area contributed by atoms with Gasteiger partial charge in [0.15, 0.2) is 11.6 Å². The molecule has 0 spiro atoms. The zero-order chi connectivity index (χ0) is 17.5. The molecule has 128 valence electrons. The molecule has 2 rings (SSSR count). The second-order valence-corrected chi connectivity index (χ2v) is 5.60. The molecule has 0 heterocycles. The van der Waals surface area contributed by atoms with Gasteiger partial charge < -0.3 is 15.4 Å². The largest absolute Gasteiger partial charge is 0.494 e. The molecule has 0 radical (unpaired) electrons. The predicted molar refractivity (Wildman–Crippen MR) is 92.9 cm³/mol. The molecule has 0 fully saturated rings. The average Bonchev–Trinajstić information content (AvgIpc) is 2.61. The van der Waals surface area contributed by atoms with E-state index in [1.165, 1.54) is 13.2 Å². The maximum Gasteiger partial charge on any atom is 0.251 e. The SMILES string of the molecule is CNC(=O)c1cccc(CCN[C@@H](C)c2ccc(OC)c(F)c2)c1. The number of amides is 1. The summed E-state index contributed by atoms with van der Waals surface area (Å²) in [7, 11) is 3.07. The van der Waals surface area contributed by atoms with E-state index in [1.807, 2.05) is 31.2 Å². The molecule has 1 atom stereocenters. The van der Waals surface area contributed by atoms with Crippen LogP contribution in [0.25, 0.3) is 0 Å². The highest BCUT2D eigenvalue weighted by molar-refractivity contribution is 5.94. The fourth-order valence-corrected chi connectivity index (χ4v) is 2.52. The van der Waals surface area contributed by atoms with Crippen molar-refractivity contribution in [1.29, 1.82) is 0 Å². The van der Waals surface area contributed by atoms with E-state index in [0.29, 0.717) is 5.56 Å². The van der Waals surface area contributed by atoms with Gasteiger partial charge in [-0.3, -0.25) is 4.79 Å². The zero-order valence-corrected chi connectivity index (χ0v) is 14.2. The first kappa shape index (κ1) is 17.9. The van der Waals surface area contributed by atoms with E-state index >= 15 is 0 Å². The number of nitrogens with one attached hydrogen (secondary N) is 2. The summed E-state index contributed by atoms with van der Waals surface area (Å²) in [6.45, 7) is 2.72. The maximum atomic E-state index is 13.8. The summed E-state index contributed by atoms with van der Waals surface area (Å²) < 4.78 is 18.7. The molecule has 0 aliphatic carbocycles. The average molecular weight is 330 g/mol. The number of carbonyl (C=O) groups is 1. The van der Waals surface area contributed by atoms with Gasteiger partial charge in [0.2, 0.25) is 0 Å². The molecule has 2 aromatic rings. The first-order valence-electron chi connectivity index (χ1n) is 7.93. The van der Waals surface area contributed by atoms with Gasteiger partial charge in [-0.15, -0.1) is 0 Å². The van der Waals surface area contributed by atoms with Crippen LogP contribution in [0.15, 0.2) is 42.5 Å². The summed E-state index contributed by atoms with van der Waals surface area (Å²) in [6.07, 6.45) is 0.786. The van der Waals surface area contributed by atoms with Crippen LogP contribution in [0.1, 0.15) is 34.5 Å². The number of carbonyl (C=O) groups excluding carboxylic acids is 1. The summed E-state index contributed by atoms with van der Waals surface area (Å²) in [6, 6.07) is 12.5. The molecule has 24 heavy (non-hydrogen) atoms. The van der Waals surface area contributed by atoms with E-state index in [2.05, 4.69) is 10.6 Å². The lowest BCUT2D eigenvalue weighted by Crippen LogP contribution is -2.22. The van der Waals surface area contributed by atoms with E-state index in [0.717, 1.165) is 24.1 Å². The molecule has 0 aliphatic rings. The zero-order valence-electron chi connectivity index (χ0n) is 14.2. The molecule has 0 saturated carbocycles. The van der Waals surface area contributed by atoms with Crippen LogP contribution in [0, 0.1) is 5.82 Å². The standard InChI is InChI=1S/C19H23FN2O2/c1-13(15-7-8-18(24-3)17(20)12-15)22-10-9-14-5-4-6-16(11-14)19(23)21-2/h4-8,11-13,22H,9-10H2,1-3H3,(H,21,23)/t13-/m0/s1. The highest BCUT2D eigenvalue weighted by atomic mass is 19.1. The van der Waals surface area contributed by atoms with E-state index in [-0.39, 0.29) is 23.5 Å². The molecular weight excluding hydrogens is 307 g/mol. The van der Waals surface area contributed by atoms with E-state index < -0.39 is 0 Å². The van der Waals surface area contributed by atoms with Crippen molar-refractivity contribution in [2.45, 2.75) is 19.4 Å². The van der Waals surface area contributed by atoms with Gasteiger partial charge in [-0.1, -0.05) is 18.2 Å². The predicted octanol–water partition coefficient (Wildman–Crippen LogP) is 3.09. The molecule has 0 aromatic heterocycles. The maximum absolute atomic E-state index is 13.8. The highest BCUT2D eigenvalue weighted by Gasteiger charge is 2.09. The van der Waals surface area contributed by atoms with Crippen LogP contribution in [0.4, 0.5) is 4.39 Å². The Morgan fingerprint density at radius 2 is 2.04 bits per heavy atom. The van der Waals surface area contributed by atoms with E-state index in [9.17, 15) is 9.18 Å². The Bertz CT molecular complexity index is 704. The van der Waals surface area contributed by atoms with Gasteiger partial charge in [0.05, 0.1) is 7.11 Å². The van der Waals surface area contributed by atoms with Crippen LogP contribution in [-0.4, -0.2) is 26.6 Å². The summed E-state index contributed by atoms with van der Waals surface area (Å²) in [5.74, 6) is -0.203. The Morgan fingerprint density at radius 3 is 2.71 bits per heavy atom. The first-order chi connectivity index (χ1) is 11.5. The Kier molecular flexibility index (Phi) is 6.32. The molecular formula is C19H23FN2O2. The van der Waals surface area contributed by atoms with Crippen molar-refractivity contribution in [3.63, 3.8) is 0 Å². The molecule has 0 bridgehead atoms. The van der Waals surface area contributed by atoms with Crippen molar-refractivity contribution in [1.82, 2.24) is 10.6 Å². The van der Waals surface area contributed by atoms with Crippen LogP contribution >= 0.6 is 0 Å². The smallest absolute Gasteiger partial charge is 0.251 e. The quantitative estimate of drug-likeness (QED) is 0.820. The second-order valence-electron chi connectivity index (χ2n) is 5.60. The lowest BCUT2D eigenvalue weighted by atomic mass is 10.1. The molecule has 2 N–H and O–H groups in total. The minimum Gasteiger partial charge on any atom is -0.494 e. The molecule has 1 amide bonds. The Labute approximate surface area is 142 Å². The Morgan fingerprint density at radius 1 is 1.25 bits per heavy atom. The summed E-state index contributed by atoms with van der Waals surface area (Å²) >= 11 is 0. The van der Waals surface area contributed by atoms with Gasteiger partial charge in [0.25, 0.3) is 5.91 Å². The van der Waals surface area contributed by atoms with Crippen molar-refractivity contribution in [3.8, 4) is 5.75 Å².